The molecule has 2 saturated carbocycles. The standard InChI is InChI=1S/C23H34N2O5S/c1-18-12-14-21(15-13-18)31(28,29)24-16-23(27)30-17-22(26)25(19-8-4-2-5-9-19)20-10-6-3-7-11-20/h12-15,19-20,24H,2-11,16-17H2,1H3. The summed E-state index contributed by atoms with van der Waals surface area (Å²) >= 11 is 0. The molecule has 2 fully saturated rings. The molecule has 172 valence electrons. The summed E-state index contributed by atoms with van der Waals surface area (Å²) < 4.78 is 32.0. The number of carbonyl (C=O) groups excluding carboxylic acids is 2. The van der Waals surface area contributed by atoms with E-state index >= 15 is 0 Å². The molecule has 1 aromatic rings. The number of carbonyl (C=O) groups is 2. The van der Waals surface area contributed by atoms with Crippen LogP contribution in [0.5, 0.6) is 0 Å². The molecule has 1 N–H and O–H groups in total. The number of esters is 1. The Morgan fingerprint density at radius 1 is 0.935 bits per heavy atom. The number of nitrogens with zero attached hydrogens (tertiary/aromatic N) is 1. The number of rotatable bonds is 8. The van der Waals surface area contributed by atoms with Gasteiger partial charge in [-0.1, -0.05) is 56.2 Å². The second kappa shape index (κ2) is 11.1. The van der Waals surface area contributed by atoms with Crippen molar-refractivity contribution in [2.45, 2.75) is 88.1 Å². The third kappa shape index (κ3) is 6.77. The van der Waals surface area contributed by atoms with Crippen molar-refractivity contribution in [2.75, 3.05) is 13.2 Å². The molecule has 7 nitrogen and oxygen atoms in total. The van der Waals surface area contributed by atoms with E-state index in [4.69, 9.17) is 4.74 Å². The Kier molecular flexibility index (Phi) is 8.49. The van der Waals surface area contributed by atoms with Crippen LogP contribution in [0.15, 0.2) is 29.2 Å². The lowest BCUT2D eigenvalue weighted by molar-refractivity contribution is -0.154. The number of ether oxygens (including phenoxy) is 1. The molecule has 0 atom stereocenters. The van der Waals surface area contributed by atoms with Crippen LogP contribution in [0.1, 0.15) is 69.8 Å². The molecule has 0 unspecified atom stereocenters. The minimum absolute atomic E-state index is 0.0859. The molecule has 0 aromatic heterocycles. The molecule has 0 saturated heterocycles. The van der Waals surface area contributed by atoms with Crippen LogP contribution >= 0.6 is 0 Å². The number of sulfonamides is 1. The third-order valence-electron chi connectivity index (χ3n) is 6.32. The summed E-state index contributed by atoms with van der Waals surface area (Å²) in [4.78, 5) is 27.2. The molecular formula is C23H34N2O5S. The predicted octanol–water partition coefficient (Wildman–Crippen LogP) is 3.31. The van der Waals surface area contributed by atoms with E-state index in [0.29, 0.717) is 0 Å². The first kappa shape index (κ1) is 23.7. The minimum atomic E-state index is -3.81. The van der Waals surface area contributed by atoms with E-state index in [1.54, 1.807) is 12.1 Å². The number of benzene rings is 1. The van der Waals surface area contributed by atoms with Gasteiger partial charge in [-0.25, -0.2) is 8.42 Å². The topological polar surface area (TPSA) is 92.8 Å². The van der Waals surface area contributed by atoms with Crippen molar-refractivity contribution in [3.05, 3.63) is 29.8 Å². The smallest absolute Gasteiger partial charge is 0.321 e. The van der Waals surface area contributed by atoms with Crippen molar-refractivity contribution in [1.82, 2.24) is 9.62 Å². The molecule has 2 aliphatic carbocycles. The number of hydrogen-bond acceptors (Lipinski definition) is 5. The zero-order chi connectivity index (χ0) is 22.3. The van der Waals surface area contributed by atoms with Crippen LogP contribution < -0.4 is 4.72 Å². The summed E-state index contributed by atoms with van der Waals surface area (Å²) in [6.07, 6.45) is 10.9. The largest absolute Gasteiger partial charge is 0.455 e. The van der Waals surface area contributed by atoms with Gasteiger partial charge in [-0.2, -0.15) is 4.72 Å². The molecule has 0 heterocycles. The molecular weight excluding hydrogens is 416 g/mol. The van der Waals surface area contributed by atoms with Crippen molar-refractivity contribution >= 4 is 21.9 Å². The normalized spacial score (nSPS) is 18.5. The van der Waals surface area contributed by atoms with Crippen molar-refractivity contribution in [1.29, 1.82) is 0 Å². The highest BCUT2D eigenvalue weighted by Gasteiger charge is 2.32. The van der Waals surface area contributed by atoms with Gasteiger partial charge in [-0.05, 0) is 44.7 Å². The highest BCUT2D eigenvalue weighted by molar-refractivity contribution is 7.89. The van der Waals surface area contributed by atoms with Gasteiger partial charge in [0.05, 0.1) is 4.90 Å². The van der Waals surface area contributed by atoms with E-state index in [9.17, 15) is 18.0 Å². The molecule has 0 bridgehead atoms. The van der Waals surface area contributed by atoms with Gasteiger partial charge in [0.1, 0.15) is 6.54 Å². The lowest BCUT2D eigenvalue weighted by Gasteiger charge is -2.41. The number of hydrogen-bond donors (Lipinski definition) is 1. The van der Waals surface area contributed by atoms with E-state index in [-0.39, 0.29) is 29.5 Å². The van der Waals surface area contributed by atoms with Crippen LogP contribution in [0.3, 0.4) is 0 Å². The van der Waals surface area contributed by atoms with Crippen molar-refractivity contribution in [3.63, 3.8) is 0 Å². The average Bonchev–Trinajstić information content (AvgIpc) is 2.78. The second-order valence-corrected chi connectivity index (χ2v) is 10.4. The molecule has 0 spiro atoms. The van der Waals surface area contributed by atoms with Crippen LogP contribution in [-0.2, 0) is 24.3 Å². The van der Waals surface area contributed by atoms with Gasteiger partial charge in [-0.3, -0.25) is 9.59 Å². The quantitative estimate of drug-likeness (QED) is 0.614. The Morgan fingerprint density at radius 3 is 1.97 bits per heavy atom. The van der Waals surface area contributed by atoms with E-state index < -0.39 is 22.5 Å². The molecule has 1 amide bonds. The van der Waals surface area contributed by atoms with Crippen LogP contribution in [-0.4, -0.2) is 50.4 Å². The van der Waals surface area contributed by atoms with Crippen LogP contribution in [0.2, 0.25) is 0 Å². The van der Waals surface area contributed by atoms with Gasteiger partial charge in [0.25, 0.3) is 5.91 Å². The van der Waals surface area contributed by atoms with Gasteiger partial charge < -0.3 is 9.64 Å². The molecule has 8 heteroatoms. The van der Waals surface area contributed by atoms with Crippen LogP contribution in [0.4, 0.5) is 0 Å². The first-order valence-corrected chi connectivity index (χ1v) is 12.9. The molecule has 31 heavy (non-hydrogen) atoms. The molecule has 0 aliphatic heterocycles. The summed E-state index contributed by atoms with van der Waals surface area (Å²) in [5.41, 5.74) is 0.942. The Labute approximate surface area is 185 Å². The van der Waals surface area contributed by atoms with Crippen molar-refractivity contribution in [2.24, 2.45) is 0 Å². The Balaban J connectivity index is 1.53. The molecule has 3 rings (SSSR count). The zero-order valence-electron chi connectivity index (χ0n) is 18.3. The van der Waals surface area contributed by atoms with E-state index in [0.717, 1.165) is 56.9 Å². The number of aryl methyl sites for hydroxylation is 1. The highest BCUT2D eigenvalue weighted by Crippen LogP contribution is 2.30. The molecule has 1 aromatic carbocycles. The van der Waals surface area contributed by atoms with E-state index in [1.807, 2.05) is 11.8 Å². The highest BCUT2D eigenvalue weighted by atomic mass is 32.2. The zero-order valence-corrected chi connectivity index (χ0v) is 19.2. The predicted molar refractivity (Wildman–Crippen MR) is 118 cm³/mol. The van der Waals surface area contributed by atoms with Gasteiger partial charge in [0.2, 0.25) is 10.0 Å². The fourth-order valence-corrected chi connectivity index (χ4v) is 5.62. The average molecular weight is 451 g/mol. The molecule has 2 aliphatic rings. The van der Waals surface area contributed by atoms with E-state index in [1.165, 1.54) is 25.0 Å². The van der Waals surface area contributed by atoms with Crippen molar-refractivity contribution in [3.8, 4) is 0 Å². The lowest BCUT2D eigenvalue weighted by atomic mass is 9.88. The van der Waals surface area contributed by atoms with Crippen LogP contribution in [0, 0.1) is 6.92 Å². The summed E-state index contributed by atoms with van der Waals surface area (Å²) in [5.74, 6) is -0.912. The number of nitrogens with one attached hydrogen (secondary N) is 1. The second-order valence-electron chi connectivity index (χ2n) is 8.68. The van der Waals surface area contributed by atoms with Gasteiger partial charge in [0.15, 0.2) is 6.61 Å². The molecule has 0 radical (unpaired) electrons. The first-order chi connectivity index (χ1) is 14.9. The van der Waals surface area contributed by atoms with Gasteiger partial charge in [-0.15, -0.1) is 0 Å². The Bertz CT molecular complexity index is 823. The summed E-state index contributed by atoms with van der Waals surface area (Å²) in [6, 6.07) is 6.80. The maximum atomic E-state index is 13.0. The van der Waals surface area contributed by atoms with E-state index in [2.05, 4.69) is 4.72 Å². The first-order valence-electron chi connectivity index (χ1n) is 11.4. The monoisotopic (exact) mass is 450 g/mol. The maximum Gasteiger partial charge on any atom is 0.321 e. The summed E-state index contributed by atoms with van der Waals surface area (Å²) in [5, 5.41) is 0. The van der Waals surface area contributed by atoms with Gasteiger partial charge in [0, 0.05) is 12.1 Å². The van der Waals surface area contributed by atoms with Gasteiger partial charge >= 0.3 is 5.97 Å². The van der Waals surface area contributed by atoms with Crippen molar-refractivity contribution < 1.29 is 22.7 Å². The summed E-state index contributed by atoms with van der Waals surface area (Å²) in [7, 11) is -3.81. The SMILES string of the molecule is Cc1ccc(S(=O)(=O)NCC(=O)OCC(=O)N(C2CCCCC2)C2CCCCC2)cc1. The Hall–Kier alpha value is -1.93. The third-order valence-corrected chi connectivity index (χ3v) is 7.74. The fraction of sp³-hybridized carbons (Fsp3) is 0.652. The minimum Gasteiger partial charge on any atom is -0.455 e. The number of amides is 1. The Morgan fingerprint density at radius 2 is 1.45 bits per heavy atom. The maximum absolute atomic E-state index is 13.0. The fourth-order valence-electron chi connectivity index (χ4n) is 4.65. The van der Waals surface area contributed by atoms with Crippen LogP contribution in [0.25, 0.3) is 0 Å². The summed E-state index contributed by atoms with van der Waals surface area (Å²) in [6.45, 7) is 1.02. The lowest BCUT2D eigenvalue weighted by Crippen LogP contribution is -2.50.